The number of ether oxygens (including phenoxy) is 2. The van der Waals surface area contributed by atoms with Gasteiger partial charge in [-0.3, -0.25) is 14.5 Å². The molecule has 1 unspecified atom stereocenters. The summed E-state index contributed by atoms with van der Waals surface area (Å²) in [5, 5.41) is 5.97. The van der Waals surface area contributed by atoms with Gasteiger partial charge in [0.2, 0.25) is 6.79 Å². The quantitative estimate of drug-likeness (QED) is 0.642. The Kier molecular flexibility index (Phi) is 7.14. The maximum absolute atomic E-state index is 12.5. The lowest BCUT2D eigenvalue weighted by Gasteiger charge is -2.38. The van der Waals surface area contributed by atoms with E-state index in [0.29, 0.717) is 23.1 Å². The molecule has 2 aromatic carbocycles. The van der Waals surface area contributed by atoms with Crippen molar-refractivity contribution in [3.05, 3.63) is 58.6 Å². The number of fused-ring (bicyclic) bond motifs is 1. The Balaban J connectivity index is 1.40. The van der Waals surface area contributed by atoms with E-state index in [2.05, 4.69) is 27.5 Å². The molecule has 0 aromatic heterocycles. The van der Waals surface area contributed by atoms with E-state index in [1.165, 1.54) is 0 Å². The van der Waals surface area contributed by atoms with Gasteiger partial charge in [0.15, 0.2) is 11.5 Å². The second kappa shape index (κ2) is 10.2. The molecule has 0 spiro atoms. The third kappa shape index (κ3) is 5.32. The highest BCUT2D eigenvalue weighted by Gasteiger charge is 2.27. The number of benzene rings is 2. The van der Waals surface area contributed by atoms with E-state index < -0.39 is 11.8 Å². The molecule has 0 aliphatic carbocycles. The van der Waals surface area contributed by atoms with Gasteiger partial charge in [0.1, 0.15) is 0 Å². The molecule has 2 N–H and O–H groups in total. The highest BCUT2D eigenvalue weighted by atomic mass is 35.5. The van der Waals surface area contributed by atoms with Crippen LogP contribution in [0.1, 0.15) is 17.2 Å². The highest BCUT2D eigenvalue weighted by molar-refractivity contribution is 6.35. The molecule has 1 fully saturated rings. The molecule has 2 heterocycles. The van der Waals surface area contributed by atoms with Gasteiger partial charge in [0.05, 0.1) is 6.04 Å². The Hall–Kier alpha value is -2.81. The minimum absolute atomic E-state index is 0.0847. The van der Waals surface area contributed by atoms with Crippen LogP contribution in [0.3, 0.4) is 0 Å². The summed E-state index contributed by atoms with van der Waals surface area (Å²) < 4.78 is 10.9. The molecule has 2 aliphatic rings. The Morgan fingerprint density at radius 2 is 1.72 bits per heavy atom. The number of carbonyl (C=O) groups is 2. The molecule has 2 aliphatic heterocycles. The van der Waals surface area contributed by atoms with Gasteiger partial charge in [-0.15, -0.1) is 0 Å². The van der Waals surface area contributed by atoms with Crippen molar-refractivity contribution in [1.29, 1.82) is 0 Å². The van der Waals surface area contributed by atoms with Gasteiger partial charge in [0.25, 0.3) is 0 Å². The van der Waals surface area contributed by atoms with E-state index in [4.69, 9.17) is 21.1 Å². The largest absolute Gasteiger partial charge is 0.454 e. The van der Waals surface area contributed by atoms with E-state index in [1.807, 2.05) is 36.4 Å². The summed E-state index contributed by atoms with van der Waals surface area (Å²) in [7, 11) is 2.10. The first-order valence-corrected chi connectivity index (χ1v) is 11.0. The van der Waals surface area contributed by atoms with Gasteiger partial charge in [0, 0.05) is 44.3 Å². The zero-order valence-electron chi connectivity index (χ0n) is 18.0. The van der Waals surface area contributed by atoms with Crippen LogP contribution in [0.5, 0.6) is 11.5 Å². The predicted octanol–water partition coefficient (Wildman–Crippen LogP) is 1.79. The fourth-order valence-corrected chi connectivity index (χ4v) is 4.08. The number of halogens is 1. The van der Waals surface area contributed by atoms with Crippen LogP contribution in [0, 0.1) is 0 Å². The summed E-state index contributed by atoms with van der Waals surface area (Å²) in [6, 6.07) is 12.9. The van der Waals surface area contributed by atoms with Gasteiger partial charge >= 0.3 is 11.8 Å². The Labute approximate surface area is 192 Å². The Morgan fingerprint density at radius 1 is 1.00 bits per heavy atom. The summed E-state index contributed by atoms with van der Waals surface area (Å²) >= 11 is 6.11. The van der Waals surface area contributed by atoms with E-state index in [0.717, 1.165) is 37.3 Å². The highest BCUT2D eigenvalue weighted by Crippen LogP contribution is 2.35. The number of amides is 2. The number of hydrogen-bond donors (Lipinski definition) is 2. The molecule has 1 atom stereocenters. The van der Waals surface area contributed by atoms with E-state index >= 15 is 0 Å². The molecular weight excluding hydrogens is 432 g/mol. The summed E-state index contributed by atoms with van der Waals surface area (Å²) in [6.45, 7) is 4.31. The number of carbonyl (C=O) groups excluding carboxylic acids is 2. The molecule has 2 aromatic rings. The van der Waals surface area contributed by atoms with Crippen LogP contribution in [0.15, 0.2) is 42.5 Å². The van der Waals surface area contributed by atoms with Crippen LogP contribution >= 0.6 is 11.6 Å². The maximum Gasteiger partial charge on any atom is 0.309 e. The number of nitrogens with zero attached hydrogens (tertiary/aromatic N) is 2. The molecule has 9 heteroatoms. The predicted molar refractivity (Wildman–Crippen MR) is 121 cm³/mol. The molecule has 0 saturated carbocycles. The fourth-order valence-electron chi connectivity index (χ4n) is 3.88. The zero-order valence-corrected chi connectivity index (χ0v) is 18.7. The third-order valence-corrected chi connectivity index (χ3v) is 6.19. The van der Waals surface area contributed by atoms with Gasteiger partial charge < -0.3 is 25.0 Å². The van der Waals surface area contributed by atoms with Crippen LogP contribution in [0.25, 0.3) is 0 Å². The number of nitrogens with one attached hydrogen (secondary N) is 2. The summed E-state index contributed by atoms with van der Waals surface area (Å²) in [5.74, 6) is 0.0592. The number of piperazine rings is 1. The normalized spacial score (nSPS) is 17.1. The summed E-state index contributed by atoms with van der Waals surface area (Å²) in [5.41, 5.74) is 1.77. The average molecular weight is 459 g/mol. The second-order valence-electron chi connectivity index (χ2n) is 7.95. The van der Waals surface area contributed by atoms with Crippen LogP contribution in [-0.2, 0) is 16.1 Å². The molecule has 8 nitrogen and oxygen atoms in total. The van der Waals surface area contributed by atoms with Crippen LogP contribution < -0.4 is 20.1 Å². The van der Waals surface area contributed by atoms with Gasteiger partial charge in [-0.1, -0.05) is 35.9 Å². The van der Waals surface area contributed by atoms with Crippen molar-refractivity contribution >= 4 is 23.4 Å². The molecule has 0 radical (unpaired) electrons. The Bertz CT molecular complexity index is 978. The van der Waals surface area contributed by atoms with Crippen LogP contribution in [0.2, 0.25) is 5.02 Å². The van der Waals surface area contributed by atoms with Crippen LogP contribution in [0.4, 0.5) is 0 Å². The van der Waals surface area contributed by atoms with E-state index in [-0.39, 0.29) is 19.4 Å². The van der Waals surface area contributed by atoms with Crippen LogP contribution in [-0.4, -0.2) is 68.2 Å². The molecule has 32 heavy (non-hydrogen) atoms. The third-order valence-electron chi connectivity index (χ3n) is 5.82. The monoisotopic (exact) mass is 458 g/mol. The molecule has 1 saturated heterocycles. The number of rotatable bonds is 6. The molecule has 170 valence electrons. The zero-order chi connectivity index (χ0) is 22.5. The lowest BCUT2D eigenvalue weighted by Crippen LogP contribution is -2.49. The van der Waals surface area contributed by atoms with Gasteiger partial charge in [-0.25, -0.2) is 0 Å². The minimum Gasteiger partial charge on any atom is -0.454 e. The maximum atomic E-state index is 12.5. The molecular formula is C23H27ClN4O4. The lowest BCUT2D eigenvalue weighted by molar-refractivity contribution is -0.139. The van der Waals surface area contributed by atoms with Crippen molar-refractivity contribution in [3.63, 3.8) is 0 Å². The van der Waals surface area contributed by atoms with Crippen molar-refractivity contribution < 1.29 is 19.1 Å². The van der Waals surface area contributed by atoms with E-state index in [1.54, 1.807) is 6.07 Å². The van der Waals surface area contributed by atoms with Crippen molar-refractivity contribution in [1.82, 2.24) is 20.4 Å². The van der Waals surface area contributed by atoms with Crippen molar-refractivity contribution in [2.75, 3.05) is 46.6 Å². The summed E-state index contributed by atoms with van der Waals surface area (Å²) in [4.78, 5) is 29.4. The second-order valence-corrected chi connectivity index (χ2v) is 8.36. The minimum atomic E-state index is -0.687. The first kappa shape index (κ1) is 22.4. The van der Waals surface area contributed by atoms with Crippen molar-refractivity contribution in [3.8, 4) is 11.5 Å². The van der Waals surface area contributed by atoms with Crippen molar-refractivity contribution in [2.45, 2.75) is 12.6 Å². The van der Waals surface area contributed by atoms with Crippen molar-refractivity contribution in [2.24, 2.45) is 0 Å². The average Bonchev–Trinajstić information content (AvgIpc) is 3.27. The van der Waals surface area contributed by atoms with Gasteiger partial charge in [-0.05, 0) is 36.4 Å². The number of likely N-dealkylation sites (N-methyl/N-ethyl adjacent to an activating group) is 1. The van der Waals surface area contributed by atoms with Gasteiger partial charge in [-0.2, -0.15) is 0 Å². The van der Waals surface area contributed by atoms with E-state index in [9.17, 15) is 9.59 Å². The standard InChI is InChI=1S/C23H27ClN4O4/c1-27-8-10-28(11-9-27)19(16-6-7-20-21(12-16)32-15-31-20)14-26-23(30)22(29)25-13-17-4-2-3-5-18(17)24/h2-7,12,19H,8-11,13-15H2,1H3,(H,25,29)(H,26,30). The first-order valence-electron chi connectivity index (χ1n) is 10.6. The summed E-state index contributed by atoms with van der Waals surface area (Å²) in [6.07, 6.45) is 0. The molecule has 4 rings (SSSR count). The fraction of sp³-hybridized carbons (Fsp3) is 0.391. The molecule has 2 amide bonds. The topological polar surface area (TPSA) is 83.1 Å². The number of hydrogen-bond acceptors (Lipinski definition) is 6. The Morgan fingerprint density at radius 3 is 2.50 bits per heavy atom. The SMILES string of the molecule is CN1CCN(C(CNC(=O)C(=O)NCc2ccccc2Cl)c2ccc3c(c2)OCO3)CC1. The lowest BCUT2D eigenvalue weighted by atomic mass is 10.0. The smallest absolute Gasteiger partial charge is 0.309 e. The molecule has 0 bridgehead atoms. The first-order chi connectivity index (χ1) is 15.5.